The third-order valence-corrected chi connectivity index (χ3v) is 10.9. The maximum absolute atomic E-state index is 14.2. The van der Waals surface area contributed by atoms with Crippen molar-refractivity contribution < 1.29 is 20.0 Å². The minimum atomic E-state index is -0.638. The zero-order valence-electron chi connectivity index (χ0n) is 16.5. The number of rotatable bonds is 1. The molecule has 6 rings (SSSR count). The number of fused-ring (bicyclic) bond motifs is 1. The van der Waals surface area contributed by atoms with Gasteiger partial charge in [-0.15, -0.1) is 0 Å². The van der Waals surface area contributed by atoms with Gasteiger partial charge in [-0.05, 0) is 56.4 Å². The van der Waals surface area contributed by atoms with Gasteiger partial charge in [-0.3, -0.25) is 0 Å². The van der Waals surface area contributed by atoms with E-state index in [1.54, 1.807) is 0 Å². The largest absolute Gasteiger partial charge is 0.633 e. The highest BCUT2D eigenvalue weighted by Crippen LogP contribution is 2.84. The van der Waals surface area contributed by atoms with Crippen LogP contribution in [0.3, 0.4) is 0 Å². The molecule has 6 fully saturated rings. The maximum Gasteiger partial charge on any atom is 0.101 e. The van der Waals surface area contributed by atoms with Crippen molar-refractivity contribution in [3.05, 3.63) is 17.4 Å². The summed E-state index contributed by atoms with van der Waals surface area (Å²) in [6.45, 7) is 9.62. The van der Waals surface area contributed by atoms with Crippen molar-refractivity contribution in [1.29, 1.82) is 0 Å². The molecule has 0 radical (unpaired) electrons. The number of hydrogen-bond acceptors (Lipinski definition) is 4. The summed E-state index contributed by atoms with van der Waals surface area (Å²) in [7, 11) is 0. The van der Waals surface area contributed by atoms with Crippen LogP contribution >= 0.6 is 0 Å². The van der Waals surface area contributed by atoms with Crippen LogP contribution in [0.5, 0.6) is 0 Å². The van der Waals surface area contributed by atoms with Crippen molar-refractivity contribution in [3.63, 3.8) is 0 Å². The van der Waals surface area contributed by atoms with Gasteiger partial charge in [0.05, 0.1) is 36.8 Å². The summed E-state index contributed by atoms with van der Waals surface area (Å²) in [5.74, 6) is 0.473. The average Bonchev–Trinajstić information content (AvgIpc) is 3.17. The Labute approximate surface area is 161 Å². The maximum atomic E-state index is 14.2. The van der Waals surface area contributed by atoms with Crippen LogP contribution in [0.4, 0.5) is 0 Å². The molecule has 6 aliphatic rings. The Morgan fingerprint density at radius 3 is 2.67 bits per heavy atom. The summed E-state index contributed by atoms with van der Waals surface area (Å²) < 4.78 is -0.215. The molecule has 1 aliphatic heterocycles. The van der Waals surface area contributed by atoms with E-state index >= 15 is 0 Å². The van der Waals surface area contributed by atoms with E-state index in [9.17, 15) is 20.5 Å². The van der Waals surface area contributed by atoms with Gasteiger partial charge in [-0.25, -0.2) is 0 Å². The number of quaternary nitrogens is 1. The molecule has 1 heterocycles. The molecule has 5 aliphatic carbocycles. The van der Waals surface area contributed by atoms with Crippen LogP contribution in [0.25, 0.3) is 0 Å². The molecule has 2 spiro atoms. The fourth-order valence-corrected chi connectivity index (χ4v) is 10.3. The highest BCUT2D eigenvalue weighted by atomic mass is 16.5. The first kappa shape index (κ1) is 17.4. The fraction of sp³-hybridized carbons (Fsp3) is 0.909. The Morgan fingerprint density at radius 2 is 1.96 bits per heavy atom. The molecule has 0 aromatic carbocycles. The molecule has 27 heavy (non-hydrogen) atoms. The molecule has 5 heteroatoms. The Balaban J connectivity index is 1.63. The van der Waals surface area contributed by atoms with Crippen molar-refractivity contribution in [2.45, 2.75) is 70.3 Å². The van der Waals surface area contributed by atoms with Crippen LogP contribution in [0.15, 0.2) is 12.2 Å². The number of aliphatic hydroxyl groups excluding tert-OH is 3. The van der Waals surface area contributed by atoms with E-state index in [0.717, 1.165) is 31.3 Å². The van der Waals surface area contributed by atoms with E-state index in [0.29, 0.717) is 25.4 Å². The second-order valence-corrected chi connectivity index (χ2v) is 11.2. The molecule has 5 nitrogen and oxygen atoms in total. The quantitative estimate of drug-likeness (QED) is 0.371. The number of nitrogens with zero attached hydrogens (tertiary/aromatic N) is 1. The molecule has 1 saturated heterocycles. The van der Waals surface area contributed by atoms with Gasteiger partial charge in [0.2, 0.25) is 0 Å². The topological polar surface area (TPSA) is 83.8 Å². The first-order chi connectivity index (χ1) is 12.7. The van der Waals surface area contributed by atoms with E-state index < -0.39 is 23.7 Å². The van der Waals surface area contributed by atoms with Gasteiger partial charge in [-0.1, -0.05) is 13.5 Å². The number of likely N-dealkylation sites (tertiary alicyclic amines) is 1. The number of hydrogen-bond donors (Lipinski definition) is 3. The van der Waals surface area contributed by atoms with Crippen LogP contribution < -0.4 is 0 Å². The molecule has 0 aromatic heterocycles. The van der Waals surface area contributed by atoms with Gasteiger partial charge in [-0.2, -0.15) is 0 Å². The monoisotopic (exact) mass is 375 g/mol. The van der Waals surface area contributed by atoms with Crippen molar-refractivity contribution in [2.75, 3.05) is 13.1 Å². The van der Waals surface area contributed by atoms with Gasteiger partial charge in [0.15, 0.2) is 0 Å². The Bertz CT molecular complexity index is 742. The molecule has 5 saturated carbocycles. The predicted molar refractivity (Wildman–Crippen MR) is 100 cm³/mol. The zero-order valence-corrected chi connectivity index (χ0v) is 16.5. The van der Waals surface area contributed by atoms with Crippen LogP contribution in [-0.2, 0) is 0 Å². The summed E-state index contributed by atoms with van der Waals surface area (Å²) >= 11 is 0. The van der Waals surface area contributed by atoms with Gasteiger partial charge >= 0.3 is 0 Å². The molecule has 1 unspecified atom stereocenters. The van der Waals surface area contributed by atoms with E-state index in [-0.39, 0.29) is 39.3 Å². The number of piperidine rings is 1. The van der Waals surface area contributed by atoms with E-state index in [1.165, 1.54) is 0 Å². The third-order valence-electron chi connectivity index (χ3n) is 10.9. The zero-order chi connectivity index (χ0) is 19.1. The molecular weight excluding hydrogens is 342 g/mol. The summed E-state index contributed by atoms with van der Waals surface area (Å²) in [6.07, 6.45) is 2.37. The molecule has 12 atom stereocenters. The second-order valence-electron chi connectivity index (χ2n) is 11.2. The lowest BCUT2D eigenvalue weighted by Crippen LogP contribution is -2.73. The molecule has 0 amide bonds. The summed E-state index contributed by atoms with van der Waals surface area (Å²) in [5, 5.41) is 48.0. The minimum Gasteiger partial charge on any atom is -0.633 e. The predicted octanol–water partition coefficient (Wildman–Crippen LogP) is 1.80. The molecule has 7 bridgehead atoms. The first-order valence-electron chi connectivity index (χ1n) is 11.0. The van der Waals surface area contributed by atoms with Gasteiger partial charge in [0, 0.05) is 22.7 Å². The Kier molecular flexibility index (Phi) is 2.99. The fourth-order valence-electron chi connectivity index (χ4n) is 10.3. The Morgan fingerprint density at radius 1 is 1.22 bits per heavy atom. The second kappa shape index (κ2) is 4.65. The standard InChI is InChI=1S/C22H33NO4/c1-4-23(27)10-20(3)6-5-17(25)22-15(20)7-13(18(22)23)21-9-12(11(2)19(21)26)14(24)8-16(21)22/h12-19,24-26H,2,4-10H2,1,3H3/t12-,13+,14+,15-,16?,17+,18-,19-,20+,21+,22+,23-/m1/s1. The smallest absolute Gasteiger partial charge is 0.101 e. The molecule has 150 valence electrons. The number of hydroxylamine groups is 3. The minimum absolute atomic E-state index is 0.0344. The van der Waals surface area contributed by atoms with Crippen molar-refractivity contribution >= 4 is 0 Å². The van der Waals surface area contributed by atoms with E-state index in [1.807, 2.05) is 6.92 Å². The highest BCUT2D eigenvalue weighted by molar-refractivity contribution is 5.38. The summed E-state index contributed by atoms with van der Waals surface area (Å²) in [4.78, 5) is 0. The normalized spacial score (nSPS) is 68.3. The average molecular weight is 376 g/mol. The molecule has 3 N–H and O–H groups in total. The van der Waals surface area contributed by atoms with E-state index in [2.05, 4.69) is 13.5 Å². The van der Waals surface area contributed by atoms with Crippen LogP contribution in [0.1, 0.15) is 46.0 Å². The molecule has 0 aromatic rings. The van der Waals surface area contributed by atoms with Crippen LogP contribution in [0, 0.1) is 45.1 Å². The Hall–Kier alpha value is -0.460. The third kappa shape index (κ3) is 1.49. The van der Waals surface area contributed by atoms with Crippen molar-refractivity contribution in [1.82, 2.24) is 0 Å². The van der Waals surface area contributed by atoms with Crippen molar-refractivity contribution in [2.24, 2.45) is 39.9 Å². The SMILES string of the molecule is C=C1[C@H]2C[C@]3(C(C[C@@H]2O)[C@]24[C@@H]5C[C@H]3[C@H]2[N@@+]([O-])(CC)C[C@]5(C)CC[C@@H]4O)[C@@H]1O. The lowest BCUT2D eigenvalue weighted by molar-refractivity contribution is -0.927. The summed E-state index contributed by atoms with van der Waals surface area (Å²) in [6, 6.07) is -0.132. The molecular formula is C22H33NO4. The van der Waals surface area contributed by atoms with E-state index in [4.69, 9.17) is 0 Å². The first-order valence-corrected chi connectivity index (χ1v) is 11.0. The van der Waals surface area contributed by atoms with Gasteiger partial charge in [0.25, 0.3) is 0 Å². The highest BCUT2D eigenvalue weighted by Gasteiger charge is 2.88. The van der Waals surface area contributed by atoms with Crippen molar-refractivity contribution in [3.8, 4) is 0 Å². The number of aliphatic hydroxyl groups is 3. The van der Waals surface area contributed by atoms with Crippen LogP contribution in [0.2, 0.25) is 0 Å². The lowest BCUT2D eigenvalue weighted by Gasteiger charge is -2.68. The lowest BCUT2D eigenvalue weighted by atomic mass is 9.43. The van der Waals surface area contributed by atoms with Crippen LogP contribution in [-0.4, -0.2) is 57.4 Å². The van der Waals surface area contributed by atoms with Gasteiger partial charge in [0.1, 0.15) is 6.04 Å². The summed E-state index contributed by atoms with van der Waals surface area (Å²) in [5.41, 5.74) is -0.0521. The van der Waals surface area contributed by atoms with Gasteiger partial charge < -0.3 is 25.2 Å².